The average Bonchev–Trinajstić information content (AvgIpc) is 2.26. The van der Waals surface area contributed by atoms with Gasteiger partial charge < -0.3 is 10.5 Å². The molecule has 0 aromatic carbocycles. The monoisotopic (exact) mass is 245 g/mol. The van der Waals surface area contributed by atoms with Crippen molar-refractivity contribution in [2.45, 2.75) is 4.90 Å². The summed E-state index contributed by atoms with van der Waals surface area (Å²) < 4.78 is 29.6. The first-order valence-corrected chi connectivity index (χ1v) is 5.72. The van der Waals surface area contributed by atoms with Gasteiger partial charge in [-0.1, -0.05) is 0 Å². The van der Waals surface area contributed by atoms with Crippen molar-refractivity contribution < 1.29 is 17.9 Å². The maximum atomic E-state index is 11.6. The van der Waals surface area contributed by atoms with Crippen LogP contribution in [0.4, 0.5) is 5.82 Å². The zero-order chi connectivity index (χ0) is 12.2. The predicted octanol–water partition coefficient (Wildman–Crippen LogP) is -0.885. The molecule has 3 N–H and O–H groups in total. The van der Waals surface area contributed by atoms with Gasteiger partial charge in [-0.3, -0.25) is 4.79 Å². The molecule has 0 atom stereocenters. The second-order valence-corrected chi connectivity index (χ2v) is 4.52. The summed E-state index contributed by atoms with van der Waals surface area (Å²) in [6, 6.07) is 2.73. The van der Waals surface area contributed by atoms with E-state index in [1.54, 1.807) is 0 Å². The molecule has 0 bridgehead atoms. The van der Waals surface area contributed by atoms with E-state index in [-0.39, 0.29) is 10.7 Å². The third-order valence-corrected chi connectivity index (χ3v) is 3.17. The largest absolute Gasteiger partial charge is 0.468 e. The van der Waals surface area contributed by atoms with Crippen LogP contribution in [0.1, 0.15) is 0 Å². The maximum Gasteiger partial charge on any atom is 0.320 e. The highest BCUT2D eigenvalue weighted by molar-refractivity contribution is 7.89. The highest BCUT2D eigenvalue weighted by Gasteiger charge is 2.18. The molecule has 0 saturated heterocycles. The zero-order valence-corrected chi connectivity index (χ0v) is 9.32. The third-order valence-electron chi connectivity index (χ3n) is 1.72. The number of rotatable bonds is 4. The number of nitrogen functional groups attached to an aromatic ring is 1. The van der Waals surface area contributed by atoms with Crippen LogP contribution in [0.2, 0.25) is 0 Å². The number of nitrogens with one attached hydrogen (secondary N) is 1. The van der Waals surface area contributed by atoms with Gasteiger partial charge in [-0.05, 0) is 12.1 Å². The van der Waals surface area contributed by atoms with Crippen LogP contribution in [0.25, 0.3) is 0 Å². The predicted molar refractivity (Wildman–Crippen MR) is 55.9 cm³/mol. The number of nitrogens with zero attached hydrogens (tertiary/aromatic N) is 1. The Hall–Kier alpha value is -1.67. The molecule has 1 heterocycles. The standard InChI is InChI=1S/C8H11N3O4S/c1-15-7(12)5-11-16(13,14)6-3-2-4-10-8(6)9/h2-4,11H,5H2,1H3,(H2,9,10). The number of methoxy groups -OCH3 is 1. The van der Waals surface area contributed by atoms with Crippen LogP contribution in [-0.2, 0) is 19.6 Å². The van der Waals surface area contributed by atoms with Crippen LogP contribution in [0.15, 0.2) is 23.2 Å². The van der Waals surface area contributed by atoms with Gasteiger partial charge >= 0.3 is 5.97 Å². The van der Waals surface area contributed by atoms with Crippen molar-refractivity contribution >= 4 is 21.8 Å². The van der Waals surface area contributed by atoms with Crippen molar-refractivity contribution in [1.29, 1.82) is 0 Å². The molecule has 0 aliphatic rings. The van der Waals surface area contributed by atoms with Crippen molar-refractivity contribution in [3.05, 3.63) is 18.3 Å². The summed E-state index contributed by atoms with van der Waals surface area (Å²) in [6.45, 7) is -0.451. The normalized spacial score (nSPS) is 11.1. The fourth-order valence-corrected chi connectivity index (χ4v) is 1.98. The lowest BCUT2D eigenvalue weighted by Gasteiger charge is -2.06. The first-order chi connectivity index (χ1) is 7.47. The van der Waals surface area contributed by atoms with Crippen LogP contribution < -0.4 is 10.5 Å². The Morgan fingerprint density at radius 1 is 1.62 bits per heavy atom. The van der Waals surface area contributed by atoms with Crippen molar-refractivity contribution in [2.75, 3.05) is 19.4 Å². The second kappa shape index (κ2) is 4.90. The number of sulfonamides is 1. The van der Waals surface area contributed by atoms with Gasteiger partial charge in [-0.25, -0.2) is 13.4 Å². The molecule has 0 unspecified atom stereocenters. The Morgan fingerprint density at radius 3 is 2.88 bits per heavy atom. The number of anilines is 1. The molecule has 16 heavy (non-hydrogen) atoms. The topological polar surface area (TPSA) is 111 Å². The Balaban J connectivity index is 2.87. The molecular formula is C8H11N3O4S. The first-order valence-electron chi connectivity index (χ1n) is 4.24. The minimum Gasteiger partial charge on any atom is -0.468 e. The lowest BCUT2D eigenvalue weighted by Crippen LogP contribution is -2.30. The number of nitrogens with two attached hydrogens (primary N) is 1. The van der Waals surface area contributed by atoms with E-state index in [0.29, 0.717) is 0 Å². The number of carbonyl (C=O) groups is 1. The van der Waals surface area contributed by atoms with Gasteiger partial charge in [0.1, 0.15) is 17.3 Å². The van der Waals surface area contributed by atoms with E-state index in [2.05, 4.69) is 9.72 Å². The molecule has 1 aromatic rings. The number of ether oxygens (including phenoxy) is 1. The lowest BCUT2D eigenvalue weighted by molar-refractivity contribution is -0.139. The minimum absolute atomic E-state index is 0.125. The summed E-state index contributed by atoms with van der Waals surface area (Å²) in [7, 11) is -2.67. The van der Waals surface area contributed by atoms with E-state index < -0.39 is 22.5 Å². The Labute approximate surface area is 92.7 Å². The Bertz CT molecular complexity index is 486. The molecule has 8 heteroatoms. The van der Waals surface area contributed by atoms with Crippen LogP contribution in [-0.4, -0.2) is 33.0 Å². The quantitative estimate of drug-likeness (QED) is 0.666. The highest BCUT2D eigenvalue weighted by Crippen LogP contribution is 2.13. The van der Waals surface area contributed by atoms with Crippen LogP contribution in [0.5, 0.6) is 0 Å². The number of hydrogen-bond acceptors (Lipinski definition) is 6. The Morgan fingerprint density at radius 2 is 2.31 bits per heavy atom. The average molecular weight is 245 g/mol. The van der Waals surface area contributed by atoms with Gasteiger partial charge in [-0.15, -0.1) is 0 Å². The lowest BCUT2D eigenvalue weighted by atomic mass is 10.5. The molecule has 0 amide bonds. The van der Waals surface area contributed by atoms with Gasteiger partial charge in [0.05, 0.1) is 7.11 Å². The zero-order valence-electron chi connectivity index (χ0n) is 8.50. The molecule has 0 spiro atoms. The highest BCUT2D eigenvalue weighted by atomic mass is 32.2. The molecule has 7 nitrogen and oxygen atoms in total. The first kappa shape index (κ1) is 12.4. The van der Waals surface area contributed by atoms with E-state index in [4.69, 9.17) is 5.73 Å². The summed E-state index contributed by atoms with van der Waals surface area (Å²) in [5.41, 5.74) is 5.40. The van der Waals surface area contributed by atoms with Gasteiger partial charge in [-0.2, -0.15) is 4.72 Å². The maximum absolute atomic E-state index is 11.6. The third kappa shape index (κ3) is 2.91. The number of aromatic nitrogens is 1. The van der Waals surface area contributed by atoms with Crippen molar-refractivity contribution in [3.8, 4) is 0 Å². The van der Waals surface area contributed by atoms with Gasteiger partial charge in [0.2, 0.25) is 10.0 Å². The van der Waals surface area contributed by atoms with E-state index in [1.165, 1.54) is 18.3 Å². The van der Waals surface area contributed by atoms with Gasteiger partial charge in [0.25, 0.3) is 0 Å². The molecule has 0 radical (unpaired) electrons. The van der Waals surface area contributed by atoms with Crippen molar-refractivity contribution in [1.82, 2.24) is 9.71 Å². The van der Waals surface area contributed by atoms with Gasteiger partial charge in [0.15, 0.2) is 0 Å². The van der Waals surface area contributed by atoms with E-state index in [1.807, 2.05) is 4.72 Å². The molecule has 0 aliphatic heterocycles. The molecule has 88 valence electrons. The molecule has 1 aromatic heterocycles. The Kier molecular flexibility index (Phi) is 3.80. The summed E-state index contributed by atoms with van der Waals surface area (Å²) in [6.07, 6.45) is 1.37. The second-order valence-electron chi connectivity index (χ2n) is 2.79. The van der Waals surface area contributed by atoms with Gasteiger partial charge in [0, 0.05) is 6.20 Å². The van der Waals surface area contributed by atoms with E-state index >= 15 is 0 Å². The SMILES string of the molecule is COC(=O)CNS(=O)(=O)c1cccnc1N. The van der Waals surface area contributed by atoms with Crippen LogP contribution >= 0.6 is 0 Å². The molecule has 0 fully saturated rings. The fourth-order valence-electron chi connectivity index (χ4n) is 0.934. The minimum atomic E-state index is -3.83. The molecule has 0 aliphatic carbocycles. The molecular weight excluding hydrogens is 234 g/mol. The van der Waals surface area contributed by atoms with Crippen molar-refractivity contribution in [2.24, 2.45) is 0 Å². The molecule has 1 rings (SSSR count). The number of hydrogen-bond donors (Lipinski definition) is 2. The van der Waals surface area contributed by atoms with Crippen LogP contribution in [0.3, 0.4) is 0 Å². The van der Waals surface area contributed by atoms with Crippen molar-refractivity contribution in [3.63, 3.8) is 0 Å². The summed E-state index contributed by atoms with van der Waals surface area (Å²) in [4.78, 5) is 14.2. The fraction of sp³-hybridized carbons (Fsp3) is 0.250. The number of carbonyl (C=O) groups excluding carboxylic acids is 1. The van der Waals surface area contributed by atoms with E-state index in [0.717, 1.165) is 7.11 Å². The van der Waals surface area contributed by atoms with E-state index in [9.17, 15) is 13.2 Å². The summed E-state index contributed by atoms with van der Waals surface area (Å²) in [5, 5.41) is 0. The molecule has 0 saturated carbocycles. The smallest absolute Gasteiger partial charge is 0.320 e. The summed E-state index contributed by atoms with van der Waals surface area (Å²) >= 11 is 0. The number of esters is 1. The van der Waals surface area contributed by atoms with Crippen LogP contribution in [0, 0.1) is 0 Å². The summed E-state index contributed by atoms with van der Waals surface area (Å²) in [5.74, 6) is -0.814. The number of pyridine rings is 1.